The van der Waals surface area contributed by atoms with Gasteiger partial charge in [-0.3, -0.25) is 9.48 Å². The second-order valence-corrected chi connectivity index (χ2v) is 7.89. The number of hydrogen-bond acceptors (Lipinski definition) is 2. The summed E-state index contributed by atoms with van der Waals surface area (Å²) >= 11 is 2.92. The Kier molecular flexibility index (Phi) is 4.70. The highest BCUT2D eigenvalue weighted by Crippen LogP contribution is 2.49. The Bertz CT molecular complexity index is 643. The average molecular weight is 408 g/mol. The van der Waals surface area contributed by atoms with Gasteiger partial charge in [0.2, 0.25) is 5.91 Å². The fourth-order valence-electron chi connectivity index (χ4n) is 4.31. The Labute approximate surface area is 147 Å². The summed E-state index contributed by atoms with van der Waals surface area (Å²) in [5.74, 6) is 1.67. The summed E-state index contributed by atoms with van der Waals surface area (Å²) in [5.41, 5.74) is -0.695. The molecule has 2 aliphatic rings. The van der Waals surface area contributed by atoms with Crippen LogP contribution < -0.4 is 5.32 Å². The molecule has 0 aromatic carbocycles. The molecular weight excluding hydrogens is 387 g/mol. The van der Waals surface area contributed by atoms with Crippen molar-refractivity contribution < 1.29 is 18.0 Å². The number of alkyl halides is 3. The smallest absolute Gasteiger partial charge is 0.352 e. The normalized spacial score (nSPS) is 27.5. The van der Waals surface area contributed by atoms with E-state index in [1.165, 1.54) is 26.2 Å². The Morgan fingerprint density at radius 3 is 2.62 bits per heavy atom. The van der Waals surface area contributed by atoms with Crippen molar-refractivity contribution in [1.29, 1.82) is 0 Å². The van der Waals surface area contributed by atoms with Crippen molar-refractivity contribution in [2.24, 2.45) is 17.8 Å². The molecule has 0 aliphatic heterocycles. The van der Waals surface area contributed by atoms with Gasteiger partial charge in [0.25, 0.3) is 0 Å². The quantitative estimate of drug-likeness (QED) is 0.821. The molecule has 2 fully saturated rings. The third-order valence-corrected chi connectivity index (χ3v) is 6.47. The first kappa shape index (κ1) is 17.8. The van der Waals surface area contributed by atoms with Crippen LogP contribution in [0, 0.1) is 24.7 Å². The first-order valence-electron chi connectivity index (χ1n) is 8.26. The van der Waals surface area contributed by atoms with Crippen molar-refractivity contribution in [3.8, 4) is 0 Å². The van der Waals surface area contributed by atoms with Crippen molar-refractivity contribution >= 4 is 21.8 Å². The largest absolute Gasteiger partial charge is 0.436 e. The zero-order valence-electron chi connectivity index (χ0n) is 13.7. The molecule has 4 nitrogen and oxygen atoms in total. The number of carbonyl (C=O) groups excluding carboxylic acids is 1. The van der Waals surface area contributed by atoms with E-state index < -0.39 is 11.9 Å². The number of halogens is 4. The molecule has 8 heteroatoms. The molecule has 2 saturated carbocycles. The van der Waals surface area contributed by atoms with Crippen LogP contribution in [-0.4, -0.2) is 21.7 Å². The fraction of sp³-hybridized carbons (Fsp3) is 0.750. The fourth-order valence-corrected chi connectivity index (χ4v) is 4.82. The predicted molar refractivity (Wildman–Crippen MR) is 86.2 cm³/mol. The van der Waals surface area contributed by atoms with Crippen LogP contribution >= 0.6 is 15.9 Å². The van der Waals surface area contributed by atoms with E-state index in [0.717, 1.165) is 17.0 Å². The van der Waals surface area contributed by atoms with Crippen molar-refractivity contribution in [3.63, 3.8) is 0 Å². The van der Waals surface area contributed by atoms with Crippen LogP contribution in [0.25, 0.3) is 0 Å². The summed E-state index contributed by atoms with van der Waals surface area (Å²) < 4.78 is 39.6. The van der Waals surface area contributed by atoms with Crippen LogP contribution in [0.15, 0.2) is 4.47 Å². The van der Waals surface area contributed by atoms with Gasteiger partial charge in [-0.05, 0) is 66.8 Å². The summed E-state index contributed by atoms with van der Waals surface area (Å²) in [6.07, 6.45) is 0.391. The summed E-state index contributed by atoms with van der Waals surface area (Å²) in [4.78, 5) is 12.2. The topological polar surface area (TPSA) is 46.9 Å². The van der Waals surface area contributed by atoms with E-state index in [4.69, 9.17) is 0 Å². The van der Waals surface area contributed by atoms with Crippen LogP contribution in [0.4, 0.5) is 13.2 Å². The zero-order valence-corrected chi connectivity index (χ0v) is 15.2. The number of hydrogen-bond donors (Lipinski definition) is 1. The van der Waals surface area contributed by atoms with Crippen molar-refractivity contribution in [3.05, 3.63) is 15.9 Å². The Morgan fingerprint density at radius 2 is 2.12 bits per heavy atom. The molecule has 0 unspecified atom stereocenters. The molecule has 4 atom stereocenters. The third kappa shape index (κ3) is 3.34. The third-order valence-electron chi connectivity index (χ3n) is 5.52. The first-order valence-corrected chi connectivity index (χ1v) is 9.05. The molecule has 1 aromatic heterocycles. The van der Waals surface area contributed by atoms with E-state index >= 15 is 0 Å². The number of aromatic nitrogens is 2. The molecule has 3 rings (SSSR count). The van der Waals surface area contributed by atoms with Gasteiger partial charge in [-0.25, -0.2) is 0 Å². The van der Waals surface area contributed by atoms with E-state index in [1.807, 2.05) is 6.92 Å². The minimum atomic E-state index is -4.54. The average Bonchev–Trinajstić information content (AvgIpc) is 3.17. The highest BCUT2D eigenvalue weighted by Gasteiger charge is 2.42. The van der Waals surface area contributed by atoms with Gasteiger partial charge in [0.15, 0.2) is 5.69 Å². The van der Waals surface area contributed by atoms with E-state index in [1.54, 1.807) is 0 Å². The van der Waals surface area contributed by atoms with Crippen LogP contribution in [0.5, 0.6) is 0 Å². The standard InChI is InChI=1S/C16H21BrF3N3O/c1-8(12-6-10-3-4-11(12)5-10)21-13(24)7-23-9(2)14(17)15(22-23)16(18,19)20/h8,10-12H,3-7H2,1-2H3,(H,21,24)/t8-,10-,11-,12+/m0/s1. The summed E-state index contributed by atoms with van der Waals surface area (Å²) in [7, 11) is 0. The summed E-state index contributed by atoms with van der Waals surface area (Å²) in [5, 5.41) is 6.50. The van der Waals surface area contributed by atoms with Crippen molar-refractivity contribution in [2.45, 2.75) is 58.3 Å². The number of nitrogens with zero attached hydrogens (tertiary/aromatic N) is 2. The second-order valence-electron chi connectivity index (χ2n) is 7.10. The van der Waals surface area contributed by atoms with Crippen molar-refractivity contribution in [1.82, 2.24) is 15.1 Å². The molecule has 24 heavy (non-hydrogen) atoms. The lowest BCUT2D eigenvalue weighted by Gasteiger charge is -2.28. The van der Waals surface area contributed by atoms with Gasteiger partial charge >= 0.3 is 6.18 Å². The maximum Gasteiger partial charge on any atom is 0.436 e. The van der Waals surface area contributed by atoms with E-state index in [-0.39, 0.29) is 23.0 Å². The molecule has 2 aliphatic carbocycles. The Morgan fingerprint density at radius 1 is 1.42 bits per heavy atom. The number of amides is 1. The summed E-state index contributed by atoms with van der Waals surface area (Å²) in [6.45, 7) is 3.31. The molecule has 0 saturated heterocycles. The van der Waals surface area contributed by atoms with E-state index in [2.05, 4.69) is 26.3 Å². The van der Waals surface area contributed by atoms with Gasteiger partial charge in [0.1, 0.15) is 6.54 Å². The van der Waals surface area contributed by atoms with E-state index in [9.17, 15) is 18.0 Å². The maximum atomic E-state index is 12.9. The lowest BCUT2D eigenvalue weighted by Crippen LogP contribution is -2.41. The highest BCUT2D eigenvalue weighted by atomic mass is 79.9. The highest BCUT2D eigenvalue weighted by molar-refractivity contribution is 9.10. The molecule has 1 aromatic rings. The molecular formula is C16H21BrF3N3O. The zero-order chi connectivity index (χ0) is 17.6. The molecule has 1 heterocycles. The lowest BCUT2D eigenvalue weighted by atomic mass is 9.84. The molecule has 0 radical (unpaired) electrons. The minimum absolute atomic E-state index is 0.0502. The van der Waals surface area contributed by atoms with Gasteiger partial charge < -0.3 is 5.32 Å². The number of fused-ring (bicyclic) bond motifs is 2. The van der Waals surface area contributed by atoms with Crippen molar-refractivity contribution in [2.75, 3.05) is 0 Å². The second kappa shape index (κ2) is 6.35. The molecule has 1 N–H and O–H groups in total. The van der Waals surface area contributed by atoms with Gasteiger partial charge in [-0.15, -0.1) is 0 Å². The van der Waals surface area contributed by atoms with Gasteiger partial charge in [0, 0.05) is 6.04 Å². The van der Waals surface area contributed by atoms with Gasteiger partial charge in [-0.1, -0.05) is 6.42 Å². The van der Waals surface area contributed by atoms with Crippen LogP contribution in [-0.2, 0) is 17.5 Å². The first-order chi connectivity index (χ1) is 11.2. The SMILES string of the molecule is Cc1c(Br)c(C(F)(F)F)nn1CC(=O)N[C@@H](C)[C@H]1C[C@H]2CC[C@H]1C2. The van der Waals surface area contributed by atoms with Crippen LogP contribution in [0.3, 0.4) is 0 Å². The number of nitrogens with one attached hydrogen (secondary N) is 1. The Hall–Kier alpha value is -1.05. The van der Waals surface area contributed by atoms with Gasteiger partial charge in [-0.2, -0.15) is 18.3 Å². The molecule has 134 valence electrons. The van der Waals surface area contributed by atoms with Crippen LogP contribution in [0.2, 0.25) is 0 Å². The van der Waals surface area contributed by atoms with Gasteiger partial charge in [0.05, 0.1) is 10.2 Å². The molecule has 1 amide bonds. The Balaban J connectivity index is 1.63. The maximum absolute atomic E-state index is 12.9. The number of carbonyl (C=O) groups is 1. The number of rotatable bonds is 4. The summed E-state index contributed by atoms with van der Waals surface area (Å²) in [6, 6.07) is 0.0502. The molecule has 2 bridgehead atoms. The lowest BCUT2D eigenvalue weighted by molar-refractivity contribution is -0.142. The monoisotopic (exact) mass is 407 g/mol. The van der Waals surface area contributed by atoms with E-state index in [0.29, 0.717) is 17.5 Å². The molecule has 0 spiro atoms. The predicted octanol–water partition coefficient (Wildman–Crippen LogP) is 3.91. The minimum Gasteiger partial charge on any atom is -0.352 e. The van der Waals surface area contributed by atoms with Crippen LogP contribution in [0.1, 0.15) is 44.0 Å².